The molecule has 0 heterocycles. The van der Waals surface area contributed by atoms with Gasteiger partial charge in [0.05, 0.1) is 25.2 Å². The molecule has 0 spiro atoms. The van der Waals surface area contributed by atoms with Crippen LogP contribution in [0.2, 0.25) is 0 Å². The van der Waals surface area contributed by atoms with E-state index in [9.17, 15) is 19.8 Å². The van der Waals surface area contributed by atoms with Gasteiger partial charge in [0.25, 0.3) is 0 Å². The molecule has 6 nitrogen and oxygen atoms in total. The Balaban J connectivity index is 4.54. The number of rotatable bonds is 46. The molecule has 0 saturated heterocycles. The molecule has 0 bridgehead atoms. The largest absolute Gasteiger partial charge is 0.462 e. The summed E-state index contributed by atoms with van der Waals surface area (Å²) in [7, 11) is 0. The second-order valence-corrected chi connectivity index (χ2v) is 17.6. The van der Waals surface area contributed by atoms with E-state index in [-0.39, 0.29) is 24.9 Å². The Bertz CT molecular complexity index is 1150. The lowest BCUT2D eigenvalue weighted by atomic mass is 10.0. The smallest absolute Gasteiger partial charge is 0.306 e. The van der Waals surface area contributed by atoms with Crippen LogP contribution in [0, 0.1) is 0 Å². The van der Waals surface area contributed by atoms with Gasteiger partial charge in [-0.15, -0.1) is 0 Å². The third kappa shape index (κ3) is 43.9. The maximum atomic E-state index is 13.2. The van der Waals surface area contributed by atoms with E-state index in [0.29, 0.717) is 19.3 Å². The lowest BCUT2D eigenvalue weighted by Crippen LogP contribution is -2.46. The number of aliphatic hydroxyl groups is 2. The summed E-state index contributed by atoms with van der Waals surface area (Å²) in [5.74, 6) is -0.525. The monoisotopic (exact) mass is 866 g/mol. The quantitative estimate of drug-likeness (QED) is 0.0245. The molecule has 0 aromatic rings. The number of amides is 1. The molecule has 358 valence electrons. The van der Waals surface area contributed by atoms with E-state index >= 15 is 0 Å². The average molecular weight is 866 g/mol. The van der Waals surface area contributed by atoms with Crippen molar-refractivity contribution < 1.29 is 24.5 Å². The number of esters is 1. The Hall–Kier alpha value is -2.70. The summed E-state index contributed by atoms with van der Waals surface area (Å²) in [5, 5.41) is 23.8. The summed E-state index contributed by atoms with van der Waals surface area (Å²) in [6.45, 7) is 6.23. The normalized spacial score (nSPS) is 13.8. The zero-order valence-electron chi connectivity index (χ0n) is 40.7. The first kappa shape index (κ1) is 59.3. The molecule has 0 fully saturated rings. The van der Waals surface area contributed by atoms with Crippen molar-refractivity contribution in [3.8, 4) is 0 Å². The highest BCUT2D eigenvalue weighted by atomic mass is 16.5. The molecule has 62 heavy (non-hydrogen) atoms. The molecule has 0 aliphatic heterocycles. The SMILES string of the molecule is CC/C=C/C=C/C=C\CCCCCC(CC(=O)NC(CO)C(O)CCCCCCCCCCCCCCCCCC)OC(=O)CCCCCCCC/C=C/C/C=C/C/C=C/CC. The number of carbonyl (C=O) groups is 2. The number of ether oxygens (including phenoxy) is 1. The van der Waals surface area contributed by atoms with Crippen LogP contribution < -0.4 is 5.32 Å². The van der Waals surface area contributed by atoms with Crippen LogP contribution in [0.4, 0.5) is 0 Å². The fraction of sp³-hybridized carbons (Fsp3) is 0.750. The first-order valence-corrected chi connectivity index (χ1v) is 26.2. The number of carbonyl (C=O) groups excluding carboxylic acids is 2. The molecular formula is C56H99NO5. The minimum atomic E-state index is -0.802. The Kier molecular flexibility index (Phi) is 47.2. The fourth-order valence-corrected chi connectivity index (χ4v) is 7.68. The zero-order valence-corrected chi connectivity index (χ0v) is 40.7. The number of nitrogens with one attached hydrogen (secondary N) is 1. The number of hydrogen-bond acceptors (Lipinski definition) is 5. The summed E-state index contributed by atoms with van der Waals surface area (Å²) in [6.07, 6.45) is 62.5. The molecule has 0 aliphatic carbocycles. The summed E-state index contributed by atoms with van der Waals surface area (Å²) in [4.78, 5) is 26.1. The van der Waals surface area contributed by atoms with Crippen molar-refractivity contribution in [2.75, 3.05) is 6.61 Å². The topological polar surface area (TPSA) is 95.9 Å². The van der Waals surface area contributed by atoms with Crippen LogP contribution in [0.3, 0.4) is 0 Å². The predicted molar refractivity (Wildman–Crippen MR) is 268 cm³/mol. The average Bonchev–Trinajstić information content (AvgIpc) is 3.26. The molecule has 0 aromatic carbocycles. The maximum Gasteiger partial charge on any atom is 0.306 e. The van der Waals surface area contributed by atoms with E-state index in [1.54, 1.807) is 0 Å². The van der Waals surface area contributed by atoms with Gasteiger partial charge in [0.15, 0.2) is 0 Å². The van der Waals surface area contributed by atoms with Gasteiger partial charge in [-0.2, -0.15) is 0 Å². The van der Waals surface area contributed by atoms with Gasteiger partial charge < -0.3 is 20.3 Å². The molecule has 3 unspecified atom stereocenters. The van der Waals surface area contributed by atoms with Crippen LogP contribution >= 0.6 is 0 Å². The molecule has 6 heteroatoms. The van der Waals surface area contributed by atoms with Crippen LogP contribution in [-0.4, -0.2) is 46.9 Å². The highest BCUT2D eigenvalue weighted by Crippen LogP contribution is 2.18. The molecule has 0 saturated carbocycles. The van der Waals surface area contributed by atoms with Crippen molar-refractivity contribution >= 4 is 11.9 Å². The lowest BCUT2D eigenvalue weighted by Gasteiger charge is -2.24. The first-order chi connectivity index (χ1) is 30.5. The summed E-state index contributed by atoms with van der Waals surface area (Å²) in [6, 6.07) is -0.718. The summed E-state index contributed by atoms with van der Waals surface area (Å²) in [5.41, 5.74) is 0. The van der Waals surface area contributed by atoms with Crippen LogP contribution in [0.5, 0.6) is 0 Å². The molecule has 1 amide bonds. The molecule has 3 atom stereocenters. The number of unbranched alkanes of at least 4 members (excludes halogenated alkanes) is 24. The van der Waals surface area contributed by atoms with E-state index in [4.69, 9.17) is 4.74 Å². The second-order valence-electron chi connectivity index (χ2n) is 17.6. The van der Waals surface area contributed by atoms with E-state index < -0.39 is 18.2 Å². The van der Waals surface area contributed by atoms with Gasteiger partial charge in [-0.1, -0.05) is 229 Å². The van der Waals surface area contributed by atoms with Gasteiger partial charge in [-0.25, -0.2) is 0 Å². The molecule has 0 radical (unpaired) electrons. The van der Waals surface area contributed by atoms with E-state index in [1.807, 2.05) is 12.2 Å². The minimum absolute atomic E-state index is 0.0466. The Morgan fingerprint density at radius 1 is 0.500 bits per heavy atom. The van der Waals surface area contributed by atoms with Gasteiger partial charge >= 0.3 is 5.97 Å². The van der Waals surface area contributed by atoms with Crippen LogP contribution in [0.1, 0.15) is 245 Å². The predicted octanol–water partition coefficient (Wildman–Crippen LogP) is 15.8. The third-order valence-corrected chi connectivity index (χ3v) is 11.6. The molecule has 0 aromatic heterocycles. The van der Waals surface area contributed by atoms with Gasteiger partial charge in [0.1, 0.15) is 6.10 Å². The standard InChI is InChI=1S/C56H99NO5/c1-4-7-10-13-16-19-22-24-26-28-30-33-36-39-42-45-48-54(59)53(51-58)57-55(60)50-52(47-44-41-38-35-32-21-18-15-12-9-6-3)62-56(61)49-46-43-40-37-34-31-29-27-25-23-20-17-14-11-8-5-2/h8-9,11-12,15,17-18,20-21,25,27,32,52-54,58-59H,4-7,10,13-14,16,19,22-24,26,28-31,33-51H2,1-3H3,(H,57,60)/b11-8+,12-9+,18-15+,20-17+,27-25+,32-21-. The minimum Gasteiger partial charge on any atom is -0.462 e. The Labute approximate surface area is 383 Å². The molecule has 0 rings (SSSR count). The van der Waals surface area contributed by atoms with Gasteiger partial charge in [-0.05, 0) is 77.0 Å². The summed E-state index contributed by atoms with van der Waals surface area (Å²) >= 11 is 0. The highest BCUT2D eigenvalue weighted by Gasteiger charge is 2.24. The zero-order chi connectivity index (χ0) is 45.2. The van der Waals surface area contributed by atoms with Crippen molar-refractivity contribution in [3.63, 3.8) is 0 Å². The van der Waals surface area contributed by atoms with Crippen molar-refractivity contribution in [2.45, 2.75) is 264 Å². The third-order valence-electron chi connectivity index (χ3n) is 11.6. The van der Waals surface area contributed by atoms with Crippen molar-refractivity contribution in [1.29, 1.82) is 0 Å². The molecule has 3 N–H and O–H groups in total. The van der Waals surface area contributed by atoms with Crippen molar-refractivity contribution in [2.24, 2.45) is 0 Å². The van der Waals surface area contributed by atoms with E-state index in [2.05, 4.69) is 86.8 Å². The van der Waals surface area contributed by atoms with E-state index in [0.717, 1.165) is 96.3 Å². The van der Waals surface area contributed by atoms with Crippen molar-refractivity contribution in [1.82, 2.24) is 5.32 Å². The highest BCUT2D eigenvalue weighted by molar-refractivity contribution is 5.77. The second kappa shape index (κ2) is 49.3. The van der Waals surface area contributed by atoms with E-state index in [1.165, 1.54) is 103 Å². The molecular weight excluding hydrogens is 767 g/mol. The first-order valence-electron chi connectivity index (χ1n) is 26.2. The van der Waals surface area contributed by atoms with Gasteiger partial charge in [0.2, 0.25) is 5.91 Å². The maximum absolute atomic E-state index is 13.2. The number of allylic oxidation sites excluding steroid dienone is 12. The van der Waals surface area contributed by atoms with Crippen LogP contribution in [0.15, 0.2) is 72.9 Å². The Morgan fingerprint density at radius 3 is 1.52 bits per heavy atom. The number of hydrogen-bond donors (Lipinski definition) is 3. The Morgan fingerprint density at radius 2 is 0.952 bits per heavy atom. The van der Waals surface area contributed by atoms with Crippen LogP contribution in [0.25, 0.3) is 0 Å². The number of aliphatic hydroxyl groups excluding tert-OH is 2. The summed E-state index contributed by atoms with van der Waals surface area (Å²) < 4.78 is 5.91. The lowest BCUT2D eigenvalue weighted by molar-refractivity contribution is -0.151. The van der Waals surface area contributed by atoms with Crippen molar-refractivity contribution in [3.05, 3.63) is 72.9 Å². The van der Waals surface area contributed by atoms with Gasteiger partial charge in [0, 0.05) is 6.42 Å². The van der Waals surface area contributed by atoms with Gasteiger partial charge in [-0.3, -0.25) is 9.59 Å². The fourth-order valence-electron chi connectivity index (χ4n) is 7.68. The molecule has 0 aliphatic rings. The van der Waals surface area contributed by atoms with Crippen LogP contribution in [-0.2, 0) is 14.3 Å².